The number of hydrazone groups is 1. The molecule has 0 radical (unpaired) electrons. The number of para-hydroxylation sites is 1. The standard InChI is InChI=1S/C20H24ClN3O2/c1-15(22-23-19-6-4-3-5-18(19)21)16-7-8-20(25-2)17(13-16)14-24-9-11-26-12-10-24/h3-8,13,23H,9-12,14H2,1-2H3/p+1/b22-15-. The predicted molar refractivity (Wildman–Crippen MR) is 105 cm³/mol. The van der Waals surface area contributed by atoms with Gasteiger partial charge in [0, 0.05) is 5.56 Å². The molecule has 0 bridgehead atoms. The Labute approximate surface area is 159 Å². The molecule has 0 spiro atoms. The van der Waals surface area contributed by atoms with E-state index in [4.69, 9.17) is 21.1 Å². The van der Waals surface area contributed by atoms with Gasteiger partial charge in [0.1, 0.15) is 25.4 Å². The van der Waals surface area contributed by atoms with Crippen LogP contribution in [0.2, 0.25) is 5.02 Å². The van der Waals surface area contributed by atoms with Gasteiger partial charge in [-0.15, -0.1) is 0 Å². The number of hydrogen-bond donors (Lipinski definition) is 2. The lowest BCUT2D eigenvalue weighted by atomic mass is 10.1. The first-order valence-electron chi connectivity index (χ1n) is 8.81. The molecule has 2 N–H and O–H groups in total. The quantitative estimate of drug-likeness (QED) is 0.603. The first-order valence-corrected chi connectivity index (χ1v) is 9.18. The second-order valence-corrected chi connectivity index (χ2v) is 6.76. The average Bonchev–Trinajstić information content (AvgIpc) is 2.68. The van der Waals surface area contributed by atoms with Gasteiger partial charge < -0.3 is 14.4 Å². The van der Waals surface area contributed by atoms with E-state index < -0.39 is 0 Å². The molecule has 2 aromatic carbocycles. The average molecular weight is 375 g/mol. The van der Waals surface area contributed by atoms with Crippen LogP contribution >= 0.6 is 11.6 Å². The topological polar surface area (TPSA) is 47.3 Å². The second kappa shape index (κ2) is 9.03. The molecule has 0 aliphatic carbocycles. The van der Waals surface area contributed by atoms with Gasteiger partial charge in [-0.25, -0.2) is 0 Å². The van der Waals surface area contributed by atoms with E-state index >= 15 is 0 Å². The summed E-state index contributed by atoms with van der Waals surface area (Å²) < 4.78 is 11.0. The Balaban J connectivity index is 1.77. The van der Waals surface area contributed by atoms with Gasteiger partial charge in [-0.3, -0.25) is 5.43 Å². The van der Waals surface area contributed by atoms with Crippen LogP contribution in [-0.2, 0) is 11.3 Å². The highest BCUT2D eigenvalue weighted by Gasteiger charge is 2.17. The van der Waals surface area contributed by atoms with Crippen molar-refractivity contribution in [1.82, 2.24) is 0 Å². The SMILES string of the molecule is COc1ccc(/C(C)=N\Nc2ccccc2Cl)cc1C[NH+]1CCOCC1. The smallest absolute Gasteiger partial charge is 0.127 e. The number of benzene rings is 2. The van der Waals surface area contributed by atoms with Crippen molar-refractivity contribution in [3.63, 3.8) is 0 Å². The first kappa shape index (κ1) is 18.7. The van der Waals surface area contributed by atoms with E-state index in [9.17, 15) is 0 Å². The molecular weight excluding hydrogens is 350 g/mol. The number of quaternary nitrogens is 1. The van der Waals surface area contributed by atoms with Gasteiger partial charge in [0.2, 0.25) is 0 Å². The molecule has 0 amide bonds. The number of anilines is 1. The first-order chi connectivity index (χ1) is 12.7. The molecule has 1 heterocycles. The van der Waals surface area contributed by atoms with E-state index in [1.165, 1.54) is 10.5 Å². The lowest BCUT2D eigenvalue weighted by Crippen LogP contribution is -3.12. The summed E-state index contributed by atoms with van der Waals surface area (Å²) in [6.07, 6.45) is 0. The fraction of sp³-hybridized carbons (Fsp3) is 0.350. The third-order valence-corrected chi connectivity index (χ3v) is 4.89. The Bertz CT molecular complexity index is 773. The van der Waals surface area contributed by atoms with E-state index in [2.05, 4.69) is 16.6 Å². The largest absolute Gasteiger partial charge is 0.496 e. The summed E-state index contributed by atoms with van der Waals surface area (Å²) in [6, 6.07) is 13.8. The van der Waals surface area contributed by atoms with Gasteiger partial charge >= 0.3 is 0 Å². The fourth-order valence-corrected chi connectivity index (χ4v) is 3.19. The van der Waals surface area contributed by atoms with Crippen molar-refractivity contribution in [1.29, 1.82) is 0 Å². The number of morpholine rings is 1. The molecule has 3 rings (SSSR count). The summed E-state index contributed by atoms with van der Waals surface area (Å²) >= 11 is 6.17. The predicted octanol–water partition coefficient (Wildman–Crippen LogP) is 2.60. The van der Waals surface area contributed by atoms with Crippen LogP contribution in [0.4, 0.5) is 5.69 Å². The van der Waals surface area contributed by atoms with Gasteiger partial charge in [0.05, 0.1) is 36.7 Å². The molecule has 0 unspecified atom stereocenters. The highest BCUT2D eigenvalue weighted by Crippen LogP contribution is 2.22. The Kier molecular flexibility index (Phi) is 6.50. The maximum Gasteiger partial charge on any atom is 0.127 e. The van der Waals surface area contributed by atoms with Crippen molar-refractivity contribution in [2.24, 2.45) is 5.10 Å². The van der Waals surface area contributed by atoms with Crippen LogP contribution in [0.15, 0.2) is 47.6 Å². The second-order valence-electron chi connectivity index (χ2n) is 6.35. The minimum absolute atomic E-state index is 0.649. The Morgan fingerprint density at radius 1 is 1.23 bits per heavy atom. The number of nitrogens with one attached hydrogen (secondary N) is 2. The molecular formula is C20H25ClN3O2+. The summed E-state index contributed by atoms with van der Waals surface area (Å²) in [5.41, 5.74) is 6.98. The molecule has 1 fully saturated rings. The van der Waals surface area contributed by atoms with Gasteiger partial charge in [-0.1, -0.05) is 23.7 Å². The van der Waals surface area contributed by atoms with E-state index in [0.717, 1.165) is 55.6 Å². The van der Waals surface area contributed by atoms with Crippen LogP contribution in [0.1, 0.15) is 18.1 Å². The Morgan fingerprint density at radius 3 is 2.73 bits per heavy atom. The number of nitrogens with zero attached hydrogens (tertiary/aromatic N) is 1. The van der Waals surface area contributed by atoms with E-state index in [1.807, 2.05) is 43.3 Å². The number of methoxy groups -OCH3 is 1. The van der Waals surface area contributed by atoms with Crippen LogP contribution in [0.25, 0.3) is 0 Å². The van der Waals surface area contributed by atoms with Crippen LogP contribution in [0, 0.1) is 0 Å². The molecule has 6 heteroatoms. The highest BCUT2D eigenvalue weighted by atomic mass is 35.5. The van der Waals surface area contributed by atoms with Crippen LogP contribution in [0.3, 0.4) is 0 Å². The third kappa shape index (κ3) is 4.75. The summed E-state index contributed by atoms with van der Waals surface area (Å²) in [6.45, 7) is 6.59. The van der Waals surface area contributed by atoms with Crippen molar-refractivity contribution in [3.8, 4) is 5.75 Å². The fourth-order valence-electron chi connectivity index (χ4n) is 3.01. The number of hydrogen-bond acceptors (Lipinski definition) is 4. The minimum Gasteiger partial charge on any atom is -0.496 e. The molecule has 26 heavy (non-hydrogen) atoms. The van der Waals surface area contributed by atoms with E-state index in [1.54, 1.807) is 7.11 Å². The normalized spacial score (nSPS) is 15.7. The third-order valence-electron chi connectivity index (χ3n) is 4.56. The maximum atomic E-state index is 6.17. The monoisotopic (exact) mass is 374 g/mol. The molecule has 138 valence electrons. The zero-order valence-corrected chi connectivity index (χ0v) is 16.0. The molecule has 1 saturated heterocycles. The lowest BCUT2D eigenvalue weighted by molar-refractivity contribution is -0.921. The van der Waals surface area contributed by atoms with E-state index in [0.29, 0.717) is 5.02 Å². The summed E-state index contributed by atoms with van der Waals surface area (Å²) in [4.78, 5) is 1.51. The van der Waals surface area contributed by atoms with Crippen molar-refractivity contribution in [2.45, 2.75) is 13.5 Å². The highest BCUT2D eigenvalue weighted by molar-refractivity contribution is 6.33. The maximum absolute atomic E-state index is 6.17. The van der Waals surface area contributed by atoms with E-state index in [-0.39, 0.29) is 0 Å². The molecule has 2 aromatic rings. The molecule has 5 nitrogen and oxygen atoms in total. The van der Waals surface area contributed by atoms with Gasteiger partial charge in [-0.2, -0.15) is 5.10 Å². The summed E-state index contributed by atoms with van der Waals surface area (Å²) in [7, 11) is 1.72. The van der Waals surface area contributed by atoms with Gasteiger partial charge in [0.15, 0.2) is 0 Å². The van der Waals surface area contributed by atoms with Crippen molar-refractivity contribution in [2.75, 3.05) is 38.8 Å². The van der Waals surface area contributed by atoms with Gasteiger partial charge in [0.25, 0.3) is 0 Å². The van der Waals surface area contributed by atoms with Crippen LogP contribution in [-0.4, -0.2) is 39.1 Å². The molecule has 0 aromatic heterocycles. The number of ether oxygens (including phenoxy) is 2. The molecule has 0 saturated carbocycles. The van der Waals surface area contributed by atoms with Crippen molar-refractivity contribution in [3.05, 3.63) is 58.6 Å². The Hall–Kier alpha value is -2.08. The molecule has 1 aliphatic heterocycles. The van der Waals surface area contributed by atoms with Gasteiger partial charge in [-0.05, 0) is 42.8 Å². The number of halogens is 1. The Morgan fingerprint density at radius 2 is 2.00 bits per heavy atom. The van der Waals surface area contributed by atoms with Crippen molar-refractivity contribution < 1.29 is 14.4 Å². The zero-order valence-electron chi connectivity index (χ0n) is 15.2. The minimum atomic E-state index is 0.649. The van der Waals surface area contributed by atoms with Crippen LogP contribution in [0.5, 0.6) is 5.75 Å². The molecule has 1 aliphatic rings. The lowest BCUT2D eigenvalue weighted by Gasteiger charge is -2.24. The summed E-state index contributed by atoms with van der Waals surface area (Å²) in [5.74, 6) is 0.916. The van der Waals surface area contributed by atoms with Crippen LogP contribution < -0.4 is 15.1 Å². The zero-order chi connectivity index (χ0) is 18.4. The molecule has 0 atom stereocenters. The summed E-state index contributed by atoms with van der Waals surface area (Å²) in [5, 5.41) is 5.13. The van der Waals surface area contributed by atoms with Crippen molar-refractivity contribution >= 4 is 23.0 Å². The number of rotatable bonds is 6.